The second-order valence-electron chi connectivity index (χ2n) is 5.20. The van der Waals surface area contributed by atoms with Gasteiger partial charge in [-0.2, -0.15) is 0 Å². The van der Waals surface area contributed by atoms with Gasteiger partial charge in [0.05, 0.1) is 19.3 Å². The topological polar surface area (TPSA) is 98.8 Å². The van der Waals surface area contributed by atoms with Crippen molar-refractivity contribution < 1.29 is 23.8 Å². The van der Waals surface area contributed by atoms with Crippen LogP contribution in [0.15, 0.2) is 42.6 Å². The molecule has 0 saturated heterocycles. The molecule has 0 fully saturated rings. The summed E-state index contributed by atoms with van der Waals surface area (Å²) in [5.74, 6) is 0.637. The fraction of sp³-hybridized carbons (Fsp3) is 0.278. The second kappa shape index (κ2) is 9.26. The first-order chi connectivity index (χ1) is 12.5. The number of aromatic nitrogens is 1. The van der Waals surface area contributed by atoms with Crippen molar-refractivity contribution in [1.29, 1.82) is 0 Å². The maximum Gasteiger partial charge on any atom is 0.279 e. The Balaban J connectivity index is 1.83. The van der Waals surface area contributed by atoms with Gasteiger partial charge in [0.2, 0.25) is 5.88 Å². The summed E-state index contributed by atoms with van der Waals surface area (Å²) in [6, 6.07) is 10.00. The first kappa shape index (κ1) is 19.0. The Morgan fingerprint density at radius 2 is 1.77 bits per heavy atom. The molecule has 0 radical (unpaired) electrons. The SMILES string of the molecule is CCOc1ccc(O[C@H](C)C(=O)NNC(=O)c2ccc(OC)nc2)cc1. The van der Waals surface area contributed by atoms with E-state index in [4.69, 9.17) is 14.2 Å². The molecule has 0 aliphatic carbocycles. The van der Waals surface area contributed by atoms with Gasteiger partial charge >= 0.3 is 0 Å². The molecule has 0 bridgehead atoms. The molecule has 2 N–H and O–H groups in total. The summed E-state index contributed by atoms with van der Waals surface area (Å²) in [4.78, 5) is 27.9. The molecule has 138 valence electrons. The predicted molar refractivity (Wildman–Crippen MR) is 94.1 cm³/mol. The molecule has 1 aromatic heterocycles. The molecule has 2 amide bonds. The standard InChI is InChI=1S/C18H21N3O5/c1-4-25-14-6-8-15(9-7-14)26-12(2)17(22)20-21-18(23)13-5-10-16(24-3)19-11-13/h5-12H,4H2,1-3H3,(H,20,22)(H,21,23)/t12-/m1/s1. The third-order valence-corrected chi connectivity index (χ3v) is 3.32. The zero-order chi connectivity index (χ0) is 18.9. The lowest BCUT2D eigenvalue weighted by atomic mass is 10.3. The van der Waals surface area contributed by atoms with Gasteiger partial charge < -0.3 is 14.2 Å². The number of nitrogens with zero attached hydrogens (tertiary/aromatic N) is 1. The normalized spacial score (nSPS) is 11.2. The maximum atomic E-state index is 12.0. The average Bonchev–Trinajstić information content (AvgIpc) is 2.67. The number of carbonyl (C=O) groups excluding carboxylic acids is 2. The number of ether oxygens (including phenoxy) is 3. The summed E-state index contributed by atoms with van der Waals surface area (Å²) >= 11 is 0. The number of benzene rings is 1. The highest BCUT2D eigenvalue weighted by atomic mass is 16.5. The molecule has 8 nitrogen and oxygen atoms in total. The van der Waals surface area contributed by atoms with Crippen molar-refractivity contribution in [1.82, 2.24) is 15.8 Å². The predicted octanol–water partition coefficient (Wildman–Crippen LogP) is 1.72. The summed E-state index contributed by atoms with van der Waals surface area (Å²) in [5.41, 5.74) is 4.91. The Morgan fingerprint density at radius 3 is 2.35 bits per heavy atom. The van der Waals surface area contributed by atoms with E-state index in [1.807, 2.05) is 6.92 Å². The maximum absolute atomic E-state index is 12.0. The number of nitrogens with one attached hydrogen (secondary N) is 2. The van der Waals surface area contributed by atoms with Gasteiger partial charge in [0.25, 0.3) is 11.8 Å². The molecule has 2 aromatic rings. The number of hydrogen-bond acceptors (Lipinski definition) is 6. The van der Waals surface area contributed by atoms with Gasteiger partial charge in [-0.3, -0.25) is 20.4 Å². The van der Waals surface area contributed by atoms with Gasteiger partial charge in [0, 0.05) is 12.3 Å². The van der Waals surface area contributed by atoms with Crippen LogP contribution in [0.2, 0.25) is 0 Å². The van der Waals surface area contributed by atoms with Crippen molar-refractivity contribution in [2.75, 3.05) is 13.7 Å². The Hall–Kier alpha value is -3.29. The van der Waals surface area contributed by atoms with E-state index in [-0.39, 0.29) is 5.56 Å². The molecule has 0 aliphatic heterocycles. The van der Waals surface area contributed by atoms with Gasteiger partial charge in [-0.25, -0.2) is 4.98 Å². The molecule has 26 heavy (non-hydrogen) atoms. The van der Waals surface area contributed by atoms with Crippen molar-refractivity contribution in [2.24, 2.45) is 0 Å². The number of rotatable bonds is 7. The Labute approximate surface area is 151 Å². The van der Waals surface area contributed by atoms with Crippen LogP contribution in [0, 0.1) is 0 Å². The van der Waals surface area contributed by atoms with Crippen molar-refractivity contribution in [3.8, 4) is 17.4 Å². The Kier molecular flexibility index (Phi) is 6.78. The minimum atomic E-state index is -0.803. The van der Waals surface area contributed by atoms with Gasteiger partial charge in [0.1, 0.15) is 11.5 Å². The monoisotopic (exact) mass is 359 g/mol. The zero-order valence-corrected chi connectivity index (χ0v) is 14.8. The first-order valence-corrected chi connectivity index (χ1v) is 8.03. The number of hydrazine groups is 1. The molecule has 2 rings (SSSR count). The fourth-order valence-corrected chi connectivity index (χ4v) is 1.97. The molecule has 0 aliphatic rings. The summed E-state index contributed by atoms with van der Waals surface area (Å²) in [6.45, 7) is 4.04. The van der Waals surface area contributed by atoms with Crippen molar-refractivity contribution >= 4 is 11.8 Å². The third kappa shape index (κ3) is 5.37. The van der Waals surface area contributed by atoms with Gasteiger partial charge in [-0.05, 0) is 44.2 Å². The van der Waals surface area contributed by atoms with Gasteiger partial charge in [-0.15, -0.1) is 0 Å². The lowest BCUT2D eigenvalue weighted by Crippen LogP contribution is -2.47. The average molecular weight is 359 g/mol. The lowest BCUT2D eigenvalue weighted by Gasteiger charge is -2.15. The fourth-order valence-electron chi connectivity index (χ4n) is 1.97. The van der Waals surface area contributed by atoms with Crippen LogP contribution >= 0.6 is 0 Å². The van der Waals surface area contributed by atoms with E-state index in [0.29, 0.717) is 18.2 Å². The zero-order valence-electron chi connectivity index (χ0n) is 14.8. The van der Waals surface area contributed by atoms with Crippen LogP contribution in [0.5, 0.6) is 17.4 Å². The van der Waals surface area contributed by atoms with E-state index in [1.165, 1.54) is 19.4 Å². The van der Waals surface area contributed by atoms with E-state index in [2.05, 4.69) is 15.8 Å². The summed E-state index contributed by atoms with van der Waals surface area (Å²) in [5, 5.41) is 0. The van der Waals surface area contributed by atoms with Crippen LogP contribution in [0.3, 0.4) is 0 Å². The van der Waals surface area contributed by atoms with Crippen molar-refractivity contribution in [3.05, 3.63) is 48.2 Å². The number of carbonyl (C=O) groups is 2. The smallest absolute Gasteiger partial charge is 0.279 e. The quantitative estimate of drug-likeness (QED) is 0.731. The van der Waals surface area contributed by atoms with Crippen LogP contribution in [-0.4, -0.2) is 36.6 Å². The van der Waals surface area contributed by atoms with Crippen LogP contribution in [0.4, 0.5) is 0 Å². The molecular formula is C18H21N3O5. The highest BCUT2D eigenvalue weighted by molar-refractivity contribution is 5.95. The molecule has 1 heterocycles. The van der Waals surface area contributed by atoms with E-state index in [9.17, 15) is 9.59 Å². The lowest BCUT2D eigenvalue weighted by molar-refractivity contribution is -0.128. The van der Waals surface area contributed by atoms with Crippen LogP contribution in [-0.2, 0) is 4.79 Å². The second-order valence-corrected chi connectivity index (χ2v) is 5.20. The third-order valence-electron chi connectivity index (χ3n) is 3.32. The van der Waals surface area contributed by atoms with E-state index in [0.717, 1.165) is 5.75 Å². The first-order valence-electron chi connectivity index (χ1n) is 8.03. The van der Waals surface area contributed by atoms with E-state index in [1.54, 1.807) is 37.3 Å². The molecule has 8 heteroatoms. The highest BCUT2D eigenvalue weighted by Crippen LogP contribution is 2.18. The summed E-state index contributed by atoms with van der Waals surface area (Å²) in [7, 11) is 1.48. The van der Waals surface area contributed by atoms with E-state index >= 15 is 0 Å². The minimum Gasteiger partial charge on any atom is -0.494 e. The molecule has 1 aromatic carbocycles. The molecular weight excluding hydrogens is 338 g/mol. The van der Waals surface area contributed by atoms with Crippen LogP contribution in [0.25, 0.3) is 0 Å². The minimum absolute atomic E-state index is 0.284. The van der Waals surface area contributed by atoms with Crippen LogP contribution in [0.1, 0.15) is 24.2 Å². The van der Waals surface area contributed by atoms with Gasteiger partial charge in [0.15, 0.2) is 6.10 Å². The molecule has 1 atom stereocenters. The van der Waals surface area contributed by atoms with Crippen molar-refractivity contribution in [3.63, 3.8) is 0 Å². The Bertz CT molecular complexity index is 731. The molecule has 0 spiro atoms. The van der Waals surface area contributed by atoms with E-state index < -0.39 is 17.9 Å². The number of pyridine rings is 1. The number of amides is 2. The van der Waals surface area contributed by atoms with Crippen LogP contribution < -0.4 is 25.1 Å². The largest absolute Gasteiger partial charge is 0.494 e. The molecule has 0 unspecified atom stereocenters. The molecule has 0 saturated carbocycles. The number of hydrogen-bond donors (Lipinski definition) is 2. The highest BCUT2D eigenvalue weighted by Gasteiger charge is 2.16. The van der Waals surface area contributed by atoms with Gasteiger partial charge in [-0.1, -0.05) is 0 Å². The Morgan fingerprint density at radius 1 is 1.08 bits per heavy atom. The summed E-state index contributed by atoms with van der Waals surface area (Å²) < 4.78 is 15.8. The summed E-state index contributed by atoms with van der Waals surface area (Å²) in [6.07, 6.45) is 0.544. The number of methoxy groups -OCH3 is 1. The van der Waals surface area contributed by atoms with Crippen molar-refractivity contribution in [2.45, 2.75) is 20.0 Å².